The number of ketones is 1. The average Bonchev–Trinajstić information content (AvgIpc) is 3.26. The summed E-state index contributed by atoms with van der Waals surface area (Å²) in [5, 5.41) is 0.930. The molecule has 3 nitrogen and oxygen atoms in total. The van der Waals surface area contributed by atoms with Crippen LogP contribution >= 0.6 is 0 Å². The van der Waals surface area contributed by atoms with E-state index in [0.717, 1.165) is 29.4 Å². The van der Waals surface area contributed by atoms with Crippen molar-refractivity contribution < 1.29 is 9.21 Å². The zero-order valence-corrected chi connectivity index (χ0v) is 21.0. The van der Waals surface area contributed by atoms with Crippen LogP contribution in [0, 0.1) is 13.8 Å². The second kappa shape index (κ2) is 9.94. The summed E-state index contributed by atoms with van der Waals surface area (Å²) in [6.45, 7) is 5.88. The van der Waals surface area contributed by atoms with Gasteiger partial charge in [-0.3, -0.25) is 4.79 Å². The van der Waals surface area contributed by atoms with Crippen molar-refractivity contribution in [3.63, 3.8) is 0 Å². The molecular weight excluding hydrogens is 444 g/mol. The van der Waals surface area contributed by atoms with E-state index in [-0.39, 0.29) is 17.3 Å². The third-order valence-corrected chi connectivity index (χ3v) is 7.03. The molecule has 1 aliphatic carbocycles. The first kappa shape index (κ1) is 23.7. The van der Waals surface area contributed by atoms with E-state index in [2.05, 4.69) is 68.5 Å². The van der Waals surface area contributed by atoms with Crippen LogP contribution in [0.2, 0.25) is 0 Å². The number of fused-ring (bicyclic) bond motifs is 1. The minimum absolute atomic E-state index is 0.0835. The second-order valence-electron chi connectivity index (χ2n) is 9.82. The zero-order valence-electron chi connectivity index (χ0n) is 21.0. The molecule has 36 heavy (non-hydrogen) atoms. The van der Waals surface area contributed by atoms with Crippen LogP contribution in [0.4, 0.5) is 0 Å². The predicted molar refractivity (Wildman–Crippen MR) is 146 cm³/mol. The van der Waals surface area contributed by atoms with E-state index >= 15 is 0 Å². The number of aryl methyl sites for hydroxylation is 3. The van der Waals surface area contributed by atoms with Crippen LogP contribution in [0.3, 0.4) is 0 Å². The number of hydrogen-bond donors (Lipinski definition) is 0. The normalized spacial score (nSPS) is 15.1. The third kappa shape index (κ3) is 4.87. The van der Waals surface area contributed by atoms with Gasteiger partial charge in [-0.25, -0.2) is 4.79 Å². The minimum atomic E-state index is -0.355. The van der Waals surface area contributed by atoms with Gasteiger partial charge >= 0.3 is 5.63 Å². The van der Waals surface area contributed by atoms with Crippen molar-refractivity contribution >= 4 is 22.3 Å². The second-order valence-corrected chi connectivity index (χ2v) is 9.82. The molecule has 0 fully saturated rings. The lowest BCUT2D eigenvalue weighted by Gasteiger charge is -2.23. The summed E-state index contributed by atoms with van der Waals surface area (Å²) in [6, 6.07) is 24.6. The average molecular weight is 475 g/mol. The largest absolute Gasteiger partial charge is 0.423 e. The summed E-state index contributed by atoms with van der Waals surface area (Å²) in [7, 11) is 0. The number of carbonyl (C=O) groups excluding carboxylic acids is 1. The van der Waals surface area contributed by atoms with Gasteiger partial charge in [-0.15, -0.1) is 0 Å². The Labute approximate surface area is 211 Å². The Balaban J connectivity index is 1.47. The number of benzene rings is 3. The maximum Gasteiger partial charge on any atom is 0.336 e. The maximum absolute atomic E-state index is 12.4. The van der Waals surface area contributed by atoms with E-state index in [0.29, 0.717) is 12.0 Å². The summed E-state index contributed by atoms with van der Waals surface area (Å²) in [6.07, 6.45) is 6.41. The SMILES string of the molecule is CC(=O)Cc1ccc2c(CCC3=CC=C(c4ccccc4)C3c3ccc(C)cc3C)cc(=O)oc2c1. The molecule has 1 heterocycles. The summed E-state index contributed by atoms with van der Waals surface area (Å²) < 4.78 is 5.50. The highest BCUT2D eigenvalue weighted by molar-refractivity contribution is 5.84. The lowest BCUT2D eigenvalue weighted by atomic mass is 9.80. The van der Waals surface area contributed by atoms with Crippen LogP contribution in [0.15, 0.2) is 99.7 Å². The Kier molecular flexibility index (Phi) is 6.56. The molecule has 0 amide bonds. The monoisotopic (exact) mass is 474 g/mol. The molecule has 4 aromatic rings. The molecule has 3 aromatic carbocycles. The van der Waals surface area contributed by atoms with Crippen molar-refractivity contribution in [2.75, 3.05) is 0 Å². The highest BCUT2D eigenvalue weighted by atomic mass is 16.4. The first-order chi connectivity index (χ1) is 17.4. The molecule has 0 aliphatic heterocycles. The molecule has 0 spiro atoms. The molecule has 0 radical (unpaired) electrons. The predicted octanol–water partition coefficient (Wildman–Crippen LogP) is 7.28. The maximum atomic E-state index is 12.4. The fourth-order valence-electron chi connectivity index (χ4n) is 5.38. The molecule has 5 rings (SSSR count). The fourth-order valence-corrected chi connectivity index (χ4v) is 5.38. The molecular formula is C33H30O3. The molecule has 1 aromatic heterocycles. The summed E-state index contributed by atoms with van der Waals surface area (Å²) in [4.78, 5) is 23.9. The number of Topliss-reactive ketones (excluding diaryl/α,β-unsaturated/α-hetero) is 1. The first-order valence-corrected chi connectivity index (χ1v) is 12.5. The van der Waals surface area contributed by atoms with Crippen molar-refractivity contribution in [2.24, 2.45) is 0 Å². The van der Waals surface area contributed by atoms with E-state index in [9.17, 15) is 9.59 Å². The van der Waals surface area contributed by atoms with Crippen LogP contribution in [0.1, 0.15) is 52.6 Å². The molecule has 3 heteroatoms. The molecule has 0 saturated carbocycles. The van der Waals surface area contributed by atoms with Gasteiger partial charge in [-0.05, 0) is 73.1 Å². The van der Waals surface area contributed by atoms with Gasteiger partial charge in [0.05, 0.1) is 0 Å². The van der Waals surface area contributed by atoms with E-state index in [1.165, 1.54) is 33.4 Å². The summed E-state index contributed by atoms with van der Waals surface area (Å²) in [5.74, 6) is 0.265. The summed E-state index contributed by atoms with van der Waals surface area (Å²) in [5.41, 5.74) is 9.79. The molecule has 0 N–H and O–H groups in total. The molecule has 1 aliphatic rings. The zero-order chi connectivity index (χ0) is 25.2. The molecule has 0 bridgehead atoms. The molecule has 180 valence electrons. The fraction of sp³-hybridized carbons (Fsp3) is 0.212. The number of allylic oxidation sites excluding steroid dienone is 4. The Hall–Kier alpha value is -3.98. The van der Waals surface area contributed by atoms with Gasteiger partial charge in [0.15, 0.2) is 0 Å². The minimum Gasteiger partial charge on any atom is -0.423 e. The standard InChI is InChI=1S/C33H30O3/c1-21-9-14-28(22(2)17-21)33-26(13-16-30(33)25-7-5-4-6-8-25)11-12-27-20-32(35)36-31-19-24(18-23(3)34)10-15-29(27)31/h4-10,13-17,19-20,33H,11-12,18H2,1-3H3. The van der Waals surface area contributed by atoms with Crippen LogP contribution in [-0.2, 0) is 17.6 Å². The van der Waals surface area contributed by atoms with Crippen LogP contribution in [-0.4, -0.2) is 5.78 Å². The van der Waals surface area contributed by atoms with Crippen LogP contribution in [0.25, 0.3) is 16.5 Å². The van der Waals surface area contributed by atoms with Gasteiger partial charge in [0.25, 0.3) is 0 Å². The highest BCUT2D eigenvalue weighted by Gasteiger charge is 2.27. The van der Waals surface area contributed by atoms with Gasteiger partial charge in [0.1, 0.15) is 11.4 Å². The third-order valence-electron chi connectivity index (χ3n) is 7.03. The Morgan fingerprint density at radius 2 is 1.69 bits per heavy atom. The molecule has 1 atom stereocenters. The topological polar surface area (TPSA) is 47.3 Å². The van der Waals surface area contributed by atoms with Crippen molar-refractivity contribution in [3.05, 3.63) is 134 Å². The van der Waals surface area contributed by atoms with Crippen LogP contribution in [0.5, 0.6) is 0 Å². The van der Waals surface area contributed by atoms with Crippen molar-refractivity contribution in [3.8, 4) is 0 Å². The van der Waals surface area contributed by atoms with E-state index < -0.39 is 0 Å². The first-order valence-electron chi connectivity index (χ1n) is 12.5. The number of hydrogen-bond acceptors (Lipinski definition) is 3. The highest BCUT2D eigenvalue weighted by Crippen LogP contribution is 2.45. The van der Waals surface area contributed by atoms with Gasteiger partial charge in [0.2, 0.25) is 0 Å². The van der Waals surface area contributed by atoms with E-state index in [1.54, 1.807) is 13.0 Å². The molecule has 0 saturated heterocycles. The van der Waals surface area contributed by atoms with Crippen molar-refractivity contribution in [2.45, 2.75) is 46.0 Å². The molecule has 1 unspecified atom stereocenters. The van der Waals surface area contributed by atoms with Crippen molar-refractivity contribution in [1.29, 1.82) is 0 Å². The Morgan fingerprint density at radius 3 is 2.44 bits per heavy atom. The number of carbonyl (C=O) groups is 1. The van der Waals surface area contributed by atoms with Gasteiger partial charge in [0, 0.05) is 23.8 Å². The van der Waals surface area contributed by atoms with Gasteiger partial charge in [-0.1, -0.05) is 84.0 Å². The van der Waals surface area contributed by atoms with Gasteiger partial charge < -0.3 is 4.42 Å². The Bertz CT molecular complexity index is 1570. The number of rotatable bonds is 7. The van der Waals surface area contributed by atoms with Crippen LogP contribution < -0.4 is 5.63 Å². The smallest absolute Gasteiger partial charge is 0.336 e. The lowest BCUT2D eigenvalue weighted by molar-refractivity contribution is -0.116. The van der Waals surface area contributed by atoms with Gasteiger partial charge in [-0.2, -0.15) is 0 Å². The van der Waals surface area contributed by atoms with Crippen molar-refractivity contribution in [1.82, 2.24) is 0 Å². The van der Waals surface area contributed by atoms with E-state index in [4.69, 9.17) is 4.42 Å². The Morgan fingerprint density at radius 1 is 0.889 bits per heavy atom. The quantitative estimate of drug-likeness (QED) is 0.264. The lowest BCUT2D eigenvalue weighted by Crippen LogP contribution is -2.07. The summed E-state index contributed by atoms with van der Waals surface area (Å²) >= 11 is 0. The van der Waals surface area contributed by atoms with E-state index in [1.807, 2.05) is 24.3 Å².